The highest BCUT2D eigenvalue weighted by atomic mass is 16.5. The van der Waals surface area contributed by atoms with Crippen LogP contribution < -0.4 is 19.7 Å². The number of aryl methyl sites for hydroxylation is 1. The number of amides is 1. The molecule has 2 heterocycles. The lowest BCUT2D eigenvalue weighted by molar-refractivity contribution is 0.102. The van der Waals surface area contributed by atoms with E-state index in [1.54, 1.807) is 20.4 Å². The number of ether oxygens (including phenoxy) is 2. The van der Waals surface area contributed by atoms with Gasteiger partial charge in [0.2, 0.25) is 0 Å². The van der Waals surface area contributed by atoms with Crippen LogP contribution in [-0.4, -0.2) is 56.2 Å². The molecule has 0 saturated carbocycles. The van der Waals surface area contributed by atoms with Crippen molar-refractivity contribution in [3.8, 4) is 11.5 Å². The Morgan fingerprint density at radius 2 is 1.61 bits per heavy atom. The summed E-state index contributed by atoms with van der Waals surface area (Å²) >= 11 is 0. The van der Waals surface area contributed by atoms with E-state index < -0.39 is 0 Å². The summed E-state index contributed by atoms with van der Waals surface area (Å²) in [6, 6.07) is 17.4. The van der Waals surface area contributed by atoms with Crippen molar-refractivity contribution < 1.29 is 14.3 Å². The molecule has 4 rings (SSSR count). The van der Waals surface area contributed by atoms with E-state index in [4.69, 9.17) is 9.47 Å². The molecule has 1 saturated heterocycles. The molecule has 1 N–H and O–H groups in total. The Balaban J connectivity index is 1.31. The van der Waals surface area contributed by atoms with Gasteiger partial charge in [0.15, 0.2) is 0 Å². The molecule has 2 aromatic carbocycles. The third kappa shape index (κ3) is 5.81. The molecule has 172 valence electrons. The van der Waals surface area contributed by atoms with Crippen LogP contribution in [0.1, 0.15) is 21.5 Å². The maximum Gasteiger partial charge on any atom is 0.255 e. The molecule has 1 aliphatic heterocycles. The highest BCUT2D eigenvalue weighted by molar-refractivity contribution is 6.04. The minimum atomic E-state index is -0.132. The van der Waals surface area contributed by atoms with Crippen molar-refractivity contribution in [3.63, 3.8) is 0 Å². The average Bonchev–Trinajstić information content (AvgIpc) is 2.85. The number of nitrogens with one attached hydrogen (secondary N) is 1. The summed E-state index contributed by atoms with van der Waals surface area (Å²) in [5, 5.41) is 2.91. The van der Waals surface area contributed by atoms with E-state index in [0.29, 0.717) is 11.3 Å². The van der Waals surface area contributed by atoms with Crippen molar-refractivity contribution in [1.29, 1.82) is 0 Å². The molecule has 7 nitrogen and oxygen atoms in total. The normalized spacial score (nSPS) is 14.1. The number of aromatic nitrogens is 1. The monoisotopic (exact) mass is 446 g/mol. The SMILES string of the molecule is COc1cc(CN2CCN(c3ccc(NC(=O)c4ccc(C)cc4)cn3)CC2)cc(OC)c1. The molecule has 7 heteroatoms. The molecule has 33 heavy (non-hydrogen) atoms. The van der Waals surface area contributed by atoms with Gasteiger partial charge in [0.05, 0.1) is 26.1 Å². The third-order valence-corrected chi connectivity index (χ3v) is 5.83. The van der Waals surface area contributed by atoms with Gasteiger partial charge in [-0.1, -0.05) is 17.7 Å². The van der Waals surface area contributed by atoms with Crippen LogP contribution in [0.2, 0.25) is 0 Å². The van der Waals surface area contributed by atoms with Gasteiger partial charge < -0.3 is 19.7 Å². The first kappa shape index (κ1) is 22.6. The van der Waals surface area contributed by atoms with Crippen LogP contribution in [0.4, 0.5) is 11.5 Å². The van der Waals surface area contributed by atoms with Crippen LogP contribution in [0.25, 0.3) is 0 Å². The van der Waals surface area contributed by atoms with Gasteiger partial charge in [-0.2, -0.15) is 0 Å². The quantitative estimate of drug-likeness (QED) is 0.592. The zero-order valence-corrected chi connectivity index (χ0v) is 19.4. The van der Waals surface area contributed by atoms with Crippen molar-refractivity contribution in [3.05, 3.63) is 77.5 Å². The van der Waals surface area contributed by atoms with Crippen LogP contribution in [-0.2, 0) is 6.54 Å². The maximum atomic E-state index is 12.4. The van der Waals surface area contributed by atoms with Gasteiger partial charge in [-0.15, -0.1) is 0 Å². The van der Waals surface area contributed by atoms with Crippen molar-refractivity contribution in [2.75, 3.05) is 50.6 Å². The Kier molecular flexibility index (Phi) is 7.10. The lowest BCUT2D eigenvalue weighted by Crippen LogP contribution is -2.46. The molecule has 0 unspecified atom stereocenters. The molecule has 0 bridgehead atoms. The number of hydrogen-bond donors (Lipinski definition) is 1. The first-order valence-electron chi connectivity index (χ1n) is 11.1. The predicted molar refractivity (Wildman–Crippen MR) is 130 cm³/mol. The molecule has 0 atom stereocenters. The minimum absolute atomic E-state index is 0.132. The van der Waals surface area contributed by atoms with E-state index in [1.165, 1.54) is 5.56 Å². The number of piperazine rings is 1. The van der Waals surface area contributed by atoms with Crippen LogP contribution in [0, 0.1) is 6.92 Å². The van der Waals surface area contributed by atoms with Crippen molar-refractivity contribution in [2.24, 2.45) is 0 Å². The second kappa shape index (κ2) is 10.4. The molecule has 0 spiro atoms. The summed E-state index contributed by atoms with van der Waals surface area (Å²) < 4.78 is 10.8. The molecule has 1 amide bonds. The lowest BCUT2D eigenvalue weighted by Gasteiger charge is -2.35. The number of carbonyl (C=O) groups excluding carboxylic acids is 1. The van der Waals surface area contributed by atoms with E-state index in [2.05, 4.69) is 32.2 Å². The van der Waals surface area contributed by atoms with E-state index in [0.717, 1.165) is 55.6 Å². The molecule has 0 radical (unpaired) electrons. The Morgan fingerprint density at radius 1 is 0.939 bits per heavy atom. The van der Waals surface area contributed by atoms with Crippen LogP contribution in [0.5, 0.6) is 11.5 Å². The van der Waals surface area contributed by atoms with Crippen LogP contribution in [0.3, 0.4) is 0 Å². The second-order valence-electron chi connectivity index (χ2n) is 8.21. The van der Waals surface area contributed by atoms with Gasteiger partial charge in [0, 0.05) is 44.4 Å². The molecular weight excluding hydrogens is 416 g/mol. The number of pyridine rings is 1. The zero-order valence-electron chi connectivity index (χ0n) is 19.4. The standard InChI is InChI=1S/C26H30N4O3/c1-19-4-6-21(7-5-19)26(31)28-22-8-9-25(27-17-22)30-12-10-29(11-13-30)18-20-14-23(32-2)16-24(15-20)33-3/h4-9,14-17H,10-13,18H2,1-3H3,(H,28,31). The van der Waals surface area contributed by atoms with Gasteiger partial charge in [-0.25, -0.2) is 4.98 Å². The Hall–Kier alpha value is -3.58. The van der Waals surface area contributed by atoms with E-state index in [1.807, 2.05) is 49.4 Å². The van der Waals surface area contributed by atoms with Gasteiger partial charge in [0.1, 0.15) is 17.3 Å². The van der Waals surface area contributed by atoms with Gasteiger partial charge in [-0.05, 0) is 48.9 Å². The molecule has 1 aliphatic rings. The summed E-state index contributed by atoms with van der Waals surface area (Å²) in [7, 11) is 3.34. The Labute approximate surface area is 195 Å². The average molecular weight is 447 g/mol. The number of anilines is 2. The highest BCUT2D eigenvalue weighted by Crippen LogP contribution is 2.24. The van der Waals surface area contributed by atoms with Crippen LogP contribution in [0.15, 0.2) is 60.8 Å². The summed E-state index contributed by atoms with van der Waals surface area (Å²) in [5.41, 5.74) is 3.62. The Bertz CT molecular complexity index is 1050. The van der Waals surface area contributed by atoms with E-state index in [-0.39, 0.29) is 5.91 Å². The fraction of sp³-hybridized carbons (Fsp3) is 0.308. The summed E-state index contributed by atoms with van der Waals surface area (Å²) in [4.78, 5) is 21.7. The first-order valence-corrected chi connectivity index (χ1v) is 11.1. The number of benzene rings is 2. The summed E-state index contributed by atoms with van der Waals surface area (Å²) in [5.74, 6) is 2.40. The van der Waals surface area contributed by atoms with E-state index >= 15 is 0 Å². The number of methoxy groups -OCH3 is 2. The van der Waals surface area contributed by atoms with Gasteiger partial charge >= 0.3 is 0 Å². The fourth-order valence-electron chi connectivity index (χ4n) is 3.91. The fourth-order valence-corrected chi connectivity index (χ4v) is 3.91. The Morgan fingerprint density at radius 3 is 2.18 bits per heavy atom. The van der Waals surface area contributed by atoms with Gasteiger partial charge in [0.25, 0.3) is 5.91 Å². The summed E-state index contributed by atoms with van der Waals surface area (Å²) in [6.07, 6.45) is 1.72. The number of nitrogens with zero attached hydrogens (tertiary/aromatic N) is 3. The van der Waals surface area contributed by atoms with Crippen molar-refractivity contribution in [1.82, 2.24) is 9.88 Å². The lowest BCUT2D eigenvalue weighted by atomic mass is 10.1. The minimum Gasteiger partial charge on any atom is -0.497 e. The first-order chi connectivity index (χ1) is 16.0. The van der Waals surface area contributed by atoms with Crippen LogP contribution >= 0.6 is 0 Å². The molecule has 0 aliphatic carbocycles. The molecule has 3 aromatic rings. The molecule has 1 fully saturated rings. The topological polar surface area (TPSA) is 66.9 Å². The smallest absolute Gasteiger partial charge is 0.255 e. The van der Waals surface area contributed by atoms with Gasteiger partial charge in [-0.3, -0.25) is 9.69 Å². The predicted octanol–water partition coefficient (Wildman–Crippen LogP) is 3.98. The van der Waals surface area contributed by atoms with Crippen molar-refractivity contribution in [2.45, 2.75) is 13.5 Å². The number of hydrogen-bond acceptors (Lipinski definition) is 6. The highest BCUT2D eigenvalue weighted by Gasteiger charge is 2.19. The third-order valence-electron chi connectivity index (χ3n) is 5.83. The number of rotatable bonds is 7. The summed E-state index contributed by atoms with van der Waals surface area (Å²) in [6.45, 7) is 6.51. The second-order valence-corrected chi connectivity index (χ2v) is 8.21. The van der Waals surface area contributed by atoms with Crippen molar-refractivity contribution >= 4 is 17.4 Å². The molecular formula is C26H30N4O3. The van der Waals surface area contributed by atoms with E-state index in [9.17, 15) is 4.79 Å². The zero-order chi connectivity index (χ0) is 23.2. The largest absolute Gasteiger partial charge is 0.497 e. The maximum absolute atomic E-state index is 12.4. The molecule has 1 aromatic heterocycles. The number of carbonyl (C=O) groups is 1.